The number of anilines is 1. The summed E-state index contributed by atoms with van der Waals surface area (Å²) in [6.07, 6.45) is -0.750. The summed E-state index contributed by atoms with van der Waals surface area (Å²) < 4.78 is 5.56. The average molecular weight is 326 g/mol. The van der Waals surface area contributed by atoms with Gasteiger partial charge in [-0.15, -0.1) is 5.10 Å². The molecule has 0 spiro atoms. The van der Waals surface area contributed by atoms with Crippen LogP contribution in [0.15, 0.2) is 47.3 Å². The molecule has 1 unspecified atom stereocenters. The van der Waals surface area contributed by atoms with Crippen molar-refractivity contribution in [2.24, 2.45) is 0 Å². The van der Waals surface area contributed by atoms with E-state index in [2.05, 4.69) is 20.5 Å². The zero-order chi connectivity index (χ0) is 16.9. The smallest absolute Gasteiger partial charge is 0.272 e. The Balaban J connectivity index is 1.61. The number of nitrogens with zero attached hydrogens (tertiary/aromatic N) is 2. The number of aromatic nitrogens is 3. The number of hydrogen-bond acceptors (Lipinski definition) is 6. The first-order chi connectivity index (χ1) is 11.6. The minimum absolute atomic E-state index is 0.0435. The van der Waals surface area contributed by atoms with Gasteiger partial charge in [-0.3, -0.25) is 4.79 Å². The van der Waals surface area contributed by atoms with Crippen LogP contribution in [0.2, 0.25) is 0 Å². The molecule has 0 aliphatic rings. The van der Waals surface area contributed by atoms with E-state index in [0.717, 1.165) is 5.69 Å². The van der Waals surface area contributed by atoms with Crippen molar-refractivity contribution in [2.75, 3.05) is 18.5 Å². The van der Waals surface area contributed by atoms with Crippen LogP contribution in [0.5, 0.6) is 5.88 Å². The Labute approximate surface area is 138 Å². The average Bonchev–Trinajstić information content (AvgIpc) is 2.60. The van der Waals surface area contributed by atoms with E-state index in [1.165, 1.54) is 0 Å². The molecular weight excluding hydrogens is 308 g/mol. The van der Waals surface area contributed by atoms with Gasteiger partial charge in [0.1, 0.15) is 18.5 Å². The van der Waals surface area contributed by atoms with Crippen molar-refractivity contribution in [3.05, 3.63) is 58.5 Å². The highest BCUT2D eigenvalue weighted by Gasteiger charge is 2.10. The molecular formula is C17H18N4O3. The van der Waals surface area contributed by atoms with E-state index in [0.29, 0.717) is 16.6 Å². The molecule has 124 valence electrons. The van der Waals surface area contributed by atoms with Crippen LogP contribution in [0.4, 0.5) is 5.82 Å². The molecule has 7 nitrogen and oxygen atoms in total. The Hall–Kier alpha value is -2.93. The second kappa shape index (κ2) is 7.10. The first-order valence-electron chi connectivity index (χ1n) is 7.59. The molecule has 0 amide bonds. The molecule has 0 saturated carbocycles. The number of rotatable bonds is 6. The second-order valence-electron chi connectivity index (χ2n) is 5.41. The lowest BCUT2D eigenvalue weighted by molar-refractivity contribution is 0.115. The number of aliphatic hydroxyl groups excluding tert-OH is 1. The minimum atomic E-state index is -0.750. The van der Waals surface area contributed by atoms with E-state index in [9.17, 15) is 9.90 Å². The van der Waals surface area contributed by atoms with Crippen LogP contribution in [0.1, 0.15) is 5.69 Å². The number of ether oxygens (including phenoxy) is 1. The molecule has 0 bridgehead atoms. The Morgan fingerprint density at radius 2 is 2.00 bits per heavy atom. The van der Waals surface area contributed by atoms with Crippen LogP contribution in [0, 0.1) is 6.92 Å². The van der Waals surface area contributed by atoms with Crippen LogP contribution in [-0.4, -0.2) is 39.5 Å². The number of aryl methyl sites for hydroxylation is 1. The van der Waals surface area contributed by atoms with Gasteiger partial charge in [0.05, 0.1) is 10.8 Å². The van der Waals surface area contributed by atoms with Crippen molar-refractivity contribution < 1.29 is 9.84 Å². The van der Waals surface area contributed by atoms with Gasteiger partial charge in [0, 0.05) is 12.2 Å². The van der Waals surface area contributed by atoms with Crippen molar-refractivity contribution in [2.45, 2.75) is 13.0 Å². The van der Waals surface area contributed by atoms with E-state index < -0.39 is 6.10 Å². The molecule has 3 aromatic rings. The maximum atomic E-state index is 11.7. The van der Waals surface area contributed by atoms with Gasteiger partial charge < -0.3 is 15.2 Å². The number of aromatic amines is 1. The summed E-state index contributed by atoms with van der Waals surface area (Å²) in [7, 11) is 0. The predicted octanol–water partition coefficient (Wildman–Crippen LogP) is 1.48. The van der Waals surface area contributed by atoms with E-state index >= 15 is 0 Å². The molecule has 2 heterocycles. The van der Waals surface area contributed by atoms with Crippen molar-refractivity contribution in [1.82, 2.24) is 15.2 Å². The monoisotopic (exact) mass is 326 g/mol. The number of hydrogen-bond donors (Lipinski definition) is 3. The van der Waals surface area contributed by atoms with Gasteiger partial charge in [-0.25, -0.2) is 10.1 Å². The number of H-pyrrole nitrogens is 1. The summed E-state index contributed by atoms with van der Waals surface area (Å²) in [4.78, 5) is 16.0. The highest BCUT2D eigenvalue weighted by Crippen LogP contribution is 2.19. The molecule has 1 atom stereocenters. The van der Waals surface area contributed by atoms with Gasteiger partial charge in [-0.1, -0.05) is 18.2 Å². The van der Waals surface area contributed by atoms with Gasteiger partial charge in [0.25, 0.3) is 5.56 Å². The number of fused-ring (bicyclic) bond motifs is 1. The highest BCUT2D eigenvalue weighted by molar-refractivity contribution is 5.85. The maximum Gasteiger partial charge on any atom is 0.272 e. The van der Waals surface area contributed by atoms with Crippen molar-refractivity contribution >= 4 is 16.6 Å². The molecule has 1 aromatic carbocycles. The van der Waals surface area contributed by atoms with Gasteiger partial charge in [-0.05, 0) is 31.2 Å². The standard InChI is InChI=1S/C17H18N4O3/c1-11-5-4-8-15(19-11)18-9-12(22)10-24-17-14-7-3-2-6-13(14)16(23)20-21-17/h2-8,12,22H,9-10H2,1H3,(H,18,19)(H,20,23). The Morgan fingerprint density at radius 3 is 2.79 bits per heavy atom. The summed E-state index contributed by atoms with van der Waals surface area (Å²) in [5, 5.41) is 20.5. The first kappa shape index (κ1) is 15.9. The van der Waals surface area contributed by atoms with E-state index in [-0.39, 0.29) is 24.6 Å². The zero-order valence-electron chi connectivity index (χ0n) is 13.2. The van der Waals surface area contributed by atoms with Crippen LogP contribution >= 0.6 is 0 Å². The zero-order valence-corrected chi connectivity index (χ0v) is 13.2. The molecule has 0 fully saturated rings. The third kappa shape index (κ3) is 3.69. The summed E-state index contributed by atoms with van der Waals surface area (Å²) in [5.74, 6) is 0.986. The van der Waals surface area contributed by atoms with Gasteiger partial charge >= 0.3 is 0 Å². The van der Waals surface area contributed by atoms with E-state index in [1.54, 1.807) is 24.3 Å². The molecule has 0 aliphatic heterocycles. The number of benzene rings is 1. The number of aliphatic hydroxyl groups is 1. The Morgan fingerprint density at radius 1 is 1.21 bits per heavy atom. The van der Waals surface area contributed by atoms with Crippen LogP contribution in [0.25, 0.3) is 10.8 Å². The largest absolute Gasteiger partial charge is 0.473 e. The third-order valence-corrected chi connectivity index (χ3v) is 3.48. The first-order valence-corrected chi connectivity index (χ1v) is 7.59. The fraction of sp³-hybridized carbons (Fsp3) is 0.235. The van der Waals surface area contributed by atoms with Crippen molar-refractivity contribution in [3.63, 3.8) is 0 Å². The van der Waals surface area contributed by atoms with Crippen LogP contribution < -0.4 is 15.6 Å². The quantitative estimate of drug-likeness (QED) is 0.634. The lowest BCUT2D eigenvalue weighted by Gasteiger charge is -2.14. The lowest BCUT2D eigenvalue weighted by atomic mass is 10.2. The number of nitrogens with one attached hydrogen (secondary N) is 2. The van der Waals surface area contributed by atoms with Gasteiger partial charge in [0.2, 0.25) is 5.88 Å². The molecule has 0 aliphatic carbocycles. The van der Waals surface area contributed by atoms with Crippen molar-refractivity contribution in [3.8, 4) is 5.88 Å². The summed E-state index contributed by atoms with van der Waals surface area (Å²) >= 11 is 0. The van der Waals surface area contributed by atoms with E-state index in [4.69, 9.17) is 4.74 Å². The maximum absolute atomic E-state index is 11.7. The van der Waals surface area contributed by atoms with Gasteiger partial charge in [-0.2, -0.15) is 0 Å². The fourth-order valence-electron chi connectivity index (χ4n) is 2.30. The third-order valence-electron chi connectivity index (χ3n) is 3.48. The molecule has 3 rings (SSSR count). The molecule has 3 N–H and O–H groups in total. The minimum Gasteiger partial charge on any atom is -0.473 e. The molecule has 7 heteroatoms. The summed E-state index contributed by atoms with van der Waals surface area (Å²) in [5.41, 5.74) is 0.625. The Bertz CT molecular complexity index is 894. The molecule has 2 aromatic heterocycles. The SMILES string of the molecule is Cc1cccc(NCC(O)COc2n[nH]c(=O)c3ccccc23)n1. The fourth-order valence-corrected chi connectivity index (χ4v) is 2.30. The normalized spacial score (nSPS) is 12.1. The number of pyridine rings is 1. The topological polar surface area (TPSA) is 100 Å². The van der Waals surface area contributed by atoms with Crippen LogP contribution in [-0.2, 0) is 0 Å². The van der Waals surface area contributed by atoms with Crippen molar-refractivity contribution in [1.29, 1.82) is 0 Å². The summed E-state index contributed by atoms with van der Waals surface area (Å²) in [6.45, 7) is 2.23. The van der Waals surface area contributed by atoms with E-state index in [1.807, 2.05) is 25.1 Å². The lowest BCUT2D eigenvalue weighted by Crippen LogP contribution is -2.27. The second-order valence-corrected chi connectivity index (χ2v) is 5.41. The molecule has 0 saturated heterocycles. The highest BCUT2D eigenvalue weighted by atomic mass is 16.5. The van der Waals surface area contributed by atoms with Crippen LogP contribution in [0.3, 0.4) is 0 Å². The Kier molecular flexibility index (Phi) is 4.72. The molecule has 0 radical (unpaired) electrons. The predicted molar refractivity (Wildman–Crippen MR) is 91.3 cm³/mol. The summed E-state index contributed by atoms with van der Waals surface area (Å²) in [6, 6.07) is 12.7. The molecule has 24 heavy (non-hydrogen) atoms. The van der Waals surface area contributed by atoms with Gasteiger partial charge in [0.15, 0.2) is 0 Å².